The molecule has 0 spiro atoms. The molecule has 2 fully saturated rings. The van der Waals surface area contributed by atoms with Crippen molar-refractivity contribution >= 4 is 0 Å². The van der Waals surface area contributed by atoms with Gasteiger partial charge in [-0.2, -0.15) is 0 Å². The molecule has 2 aromatic rings. The van der Waals surface area contributed by atoms with E-state index in [-0.39, 0.29) is 0 Å². The van der Waals surface area contributed by atoms with Gasteiger partial charge in [0.1, 0.15) is 5.82 Å². The second kappa shape index (κ2) is 23.2. The van der Waals surface area contributed by atoms with Crippen LogP contribution in [0.5, 0.6) is 0 Å². The fourth-order valence-corrected chi connectivity index (χ4v) is 3.08. The molecular formula is C27H52N6. The van der Waals surface area contributed by atoms with Gasteiger partial charge in [0.2, 0.25) is 0 Å². The average Bonchev–Trinajstić information content (AvgIpc) is 3.35. The molecular weight excluding hydrogens is 408 g/mol. The van der Waals surface area contributed by atoms with Crippen molar-refractivity contribution in [2.45, 2.75) is 102 Å². The summed E-state index contributed by atoms with van der Waals surface area (Å²) in [7, 11) is 0. The van der Waals surface area contributed by atoms with Gasteiger partial charge in [0, 0.05) is 30.8 Å². The third kappa shape index (κ3) is 15.5. The van der Waals surface area contributed by atoms with Crippen LogP contribution in [0.3, 0.4) is 0 Å². The molecule has 0 saturated carbocycles. The van der Waals surface area contributed by atoms with Crippen LogP contribution < -0.4 is 0 Å². The molecule has 0 bridgehead atoms. The fourth-order valence-electron chi connectivity index (χ4n) is 3.08. The summed E-state index contributed by atoms with van der Waals surface area (Å²) >= 11 is 0. The van der Waals surface area contributed by atoms with Crippen molar-refractivity contribution in [2.75, 3.05) is 26.2 Å². The molecule has 4 heterocycles. The molecule has 2 aliphatic heterocycles. The summed E-state index contributed by atoms with van der Waals surface area (Å²) in [5, 5.41) is 0. The van der Waals surface area contributed by atoms with E-state index in [1.165, 1.54) is 45.4 Å². The van der Waals surface area contributed by atoms with Crippen LogP contribution in [0, 0.1) is 13.8 Å². The quantitative estimate of drug-likeness (QED) is 0.521. The van der Waals surface area contributed by atoms with Gasteiger partial charge < -0.3 is 0 Å². The second-order valence-corrected chi connectivity index (χ2v) is 6.88. The minimum Gasteiger partial charge on any atom is -0.297 e. The highest BCUT2D eigenvalue weighted by Crippen LogP contribution is 2.10. The topological polar surface area (TPSA) is 58.0 Å². The van der Waals surface area contributed by atoms with Crippen LogP contribution in [0.15, 0.2) is 24.7 Å². The number of aromatic nitrogens is 4. The molecule has 190 valence electrons. The second-order valence-electron chi connectivity index (χ2n) is 6.88. The van der Waals surface area contributed by atoms with Crippen LogP contribution in [-0.2, 0) is 13.1 Å². The van der Waals surface area contributed by atoms with Gasteiger partial charge in [0.15, 0.2) is 0 Å². The fraction of sp³-hybridized carbons (Fsp3) is 0.704. The summed E-state index contributed by atoms with van der Waals surface area (Å²) in [5.74, 6) is 0.960. The van der Waals surface area contributed by atoms with Crippen molar-refractivity contribution in [3.05, 3.63) is 47.6 Å². The van der Waals surface area contributed by atoms with Gasteiger partial charge in [0.05, 0.1) is 17.9 Å². The van der Waals surface area contributed by atoms with Gasteiger partial charge in [-0.1, -0.05) is 55.4 Å². The van der Waals surface area contributed by atoms with Crippen LogP contribution in [-0.4, -0.2) is 55.9 Å². The van der Waals surface area contributed by atoms with Crippen LogP contribution in [0.1, 0.15) is 97.6 Å². The van der Waals surface area contributed by atoms with Gasteiger partial charge in [0.25, 0.3) is 0 Å². The normalized spacial score (nSPS) is 14.1. The van der Waals surface area contributed by atoms with E-state index in [4.69, 9.17) is 0 Å². The molecule has 0 aromatic carbocycles. The molecule has 0 atom stereocenters. The first-order chi connectivity index (χ1) is 16.2. The first-order valence-corrected chi connectivity index (χ1v) is 13.2. The number of hydrogen-bond donors (Lipinski definition) is 0. The van der Waals surface area contributed by atoms with E-state index in [1.807, 2.05) is 87.7 Å². The Bertz CT molecular complexity index is 667. The summed E-state index contributed by atoms with van der Waals surface area (Å²) in [6.45, 7) is 26.7. The van der Waals surface area contributed by atoms with Gasteiger partial charge in [-0.15, -0.1) is 0 Å². The molecule has 33 heavy (non-hydrogen) atoms. The van der Waals surface area contributed by atoms with E-state index >= 15 is 0 Å². The third-order valence-electron chi connectivity index (χ3n) is 4.55. The zero-order valence-corrected chi connectivity index (χ0v) is 23.4. The van der Waals surface area contributed by atoms with Gasteiger partial charge in [-0.25, -0.2) is 9.97 Å². The highest BCUT2D eigenvalue weighted by atomic mass is 15.2. The molecule has 4 rings (SSSR count). The SMILES string of the molecule is CC.CC.CC.CC.Cc1ccnc(CN2CCCC2)n1.Cc1cncc(CN2CCC2)n1. The lowest BCUT2D eigenvalue weighted by Crippen LogP contribution is -2.36. The number of hydrogen-bond acceptors (Lipinski definition) is 6. The maximum Gasteiger partial charge on any atom is 0.142 e. The van der Waals surface area contributed by atoms with E-state index in [1.54, 1.807) is 6.20 Å². The van der Waals surface area contributed by atoms with Crippen molar-refractivity contribution in [2.24, 2.45) is 0 Å². The minimum atomic E-state index is 0.918. The lowest BCUT2D eigenvalue weighted by molar-refractivity contribution is 0.170. The predicted molar refractivity (Wildman–Crippen MR) is 143 cm³/mol. The predicted octanol–water partition coefficient (Wildman–Crippen LogP) is 6.48. The molecule has 0 amide bonds. The average molecular weight is 461 g/mol. The van der Waals surface area contributed by atoms with Crippen molar-refractivity contribution in [3.8, 4) is 0 Å². The van der Waals surface area contributed by atoms with Crippen LogP contribution in [0.2, 0.25) is 0 Å². The Morgan fingerprint density at radius 2 is 1.21 bits per heavy atom. The lowest BCUT2D eigenvalue weighted by atomic mass is 10.2. The Hall–Kier alpha value is -1.92. The molecule has 0 N–H and O–H groups in total. The number of likely N-dealkylation sites (tertiary alicyclic amines) is 2. The van der Waals surface area contributed by atoms with Crippen molar-refractivity contribution in [1.82, 2.24) is 29.7 Å². The first kappa shape index (κ1) is 33.3. The molecule has 6 heteroatoms. The van der Waals surface area contributed by atoms with Crippen molar-refractivity contribution in [1.29, 1.82) is 0 Å². The number of nitrogens with zero attached hydrogens (tertiary/aromatic N) is 6. The maximum absolute atomic E-state index is 4.39. The van der Waals surface area contributed by atoms with Gasteiger partial charge in [-0.3, -0.25) is 19.8 Å². The summed E-state index contributed by atoms with van der Waals surface area (Å²) in [6, 6.07) is 1.94. The monoisotopic (exact) mass is 460 g/mol. The summed E-state index contributed by atoms with van der Waals surface area (Å²) in [4.78, 5) is 21.9. The Kier molecular flexibility index (Phi) is 23.4. The third-order valence-corrected chi connectivity index (χ3v) is 4.55. The van der Waals surface area contributed by atoms with Crippen LogP contribution >= 0.6 is 0 Å². The molecule has 6 nitrogen and oxygen atoms in total. The zero-order valence-electron chi connectivity index (χ0n) is 23.4. The smallest absolute Gasteiger partial charge is 0.142 e. The van der Waals surface area contributed by atoms with E-state index < -0.39 is 0 Å². The summed E-state index contributed by atoms with van der Waals surface area (Å²) in [6.07, 6.45) is 9.47. The Labute approximate surface area is 205 Å². The summed E-state index contributed by atoms with van der Waals surface area (Å²) in [5.41, 5.74) is 3.16. The molecule has 2 aliphatic rings. The lowest BCUT2D eigenvalue weighted by Gasteiger charge is -2.30. The summed E-state index contributed by atoms with van der Waals surface area (Å²) < 4.78 is 0. The molecule has 0 unspecified atom stereocenters. The highest BCUT2D eigenvalue weighted by molar-refractivity contribution is 5.02. The van der Waals surface area contributed by atoms with Crippen LogP contribution in [0.4, 0.5) is 0 Å². The van der Waals surface area contributed by atoms with E-state index in [0.717, 1.165) is 36.0 Å². The van der Waals surface area contributed by atoms with Crippen molar-refractivity contribution in [3.63, 3.8) is 0 Å². The van der Waals surface area contributed by atoms with Crippen molar-refractivity contribution < 1.29 is 0 Å². The minimum absolute atomic E-state index is 0.918. The maximum atomic E-state index is 4.39. The van der Waals surface area contributed by atoms with E-state index in [9.17, 15) is 0 Å². The highest BCUT2D eigenvalue weighted by Gasteiger charge is 2.14. The van der Waals surface area contributed by atoms with Gasteiger partial charge in [-0.05, 0) is 65.4 Å². The number of rotatable bonds is 4. The first-order valence-electron chi connectivity index (χ1n) is 13.2. The van der Waals surface area contributed by atoms with E-state index in [2.05, 4.69) is 29.7 Å². The largest absolute Gasteiger partial charge is 0.297 e. The van der Waals surface area contributed by atoms with E-state index in [0.29, 0.717) is 0 Å². The Balaban J connectivity index is 0. The molecule has 0 aliphatic carbocycles. The van der Waals surface area contributed by atoms with Crippen LogP contribution in [0.25, 0.3) is 0 Å². The standard InChI is InChI=1S/C10H15N3.C9H13N3.4C2H6/c1-9-4-5-11-10(12-9)8-13-6-2-3-7-13;1-8-5-10-6-9(11-8)7-12-3-2-4-12;4*1-2/h4-5H,2-3,6-8H2,1H3;5-6H,2-4,7H2,1H3;4*1-2H3. The Morgan fingerprint density at radius 3 is 1.70 bits per heavy atom. The molecule has 2 aromatic heterocycles. The zero-order chi connectivity index (χ0) is 25.5. The molecule has 0 radical (unpaired) electrons. The van der Waals surface area contributed by atoms with Gasteiger partial charge >= 0.3 is 0 Å². The Morgan fingerprint density at radius 1 is 0.667 bits per heavy atom. The molecule has 2 saturated heterocycles. The number of aryl methyl sites for hydroxylation is 2.